The molecule has 5 nitrogen and oxygen atoms in total. The predicted molar refractivity (Wildman–Crippen MR) is 99.5 cm³/mol. The minimum atomic E-state index is -0.289. The molecular formula is C20H20N2O3. The molecule has 3 rings (SSSR count). The van der Waals surface area contributed by atoms with Crippen molar-refractivity contribution in [2.45, 2.75) is 5.92 Å². The number of benzene rings is 2. The van der Waals surface area contributed by atoms with Crippen molar-refractivity contribution in [3.05, 3.63) is 82.0 Å². The van der Waals surface area contributed by atoms with Crippen molar-refractivity contribution < 1.29 is 9.66 Å². The summed E-state index contributed by atoms with van der Waals surface area (Å²) in [6.07, 6.45) is 5.82. The van der Waals surface area contributed by atoms with Gasteiger partial charge >= 0.3 is 0 Å². The summed E-state index contributed by atoms with van der Waals surface area (Å²) < 4.78 is 7.16. The Morgan fingerprint density at radius 2 is 1.92 bits per heavy atom. The fraction of sp³-hybridized carbons (Fsp3) is 0.200. The maximum Gasteiger partial charge on any atom is 0.214 e. The van der Waals surface area contributed by atoms with Crippen LogP contribution in [0.1, 0.15) is 17.0 Å². The van der Waals surface area contributed by atoms with Gasteiger partial charge in [0, 0.05) is 29.1 Å². The zero-order chi connectivity index (χ0) is 17.8. The van der Waals surface area contributed by atoms with Gasteiger partial charge < -0.3 is 9.30 Å². The van der Waals surface area contributed by atoms with E-state index in [1.165, 1.54) is 0 Å². The lowest BCUT2D eigenvalue weighted by Gasteiger charge is -2.07. The van der Waals surface area contributed by atoms with E-state index in [1.54, 1.807) is 7.11 Å². The fourth-order valence-corrected chi connectivity index (χ4v) is 3.03. The first-order valence-electron chi connectivity index (χ1n) is 8.06. The lowest BCUT2D eigenvalue weighted by atomic mass is 9.97. The average Bonchev–Trinajstić information content (AvgIpc) is 2.96. The number of fused-ring (bicyclic) bond motifs is 1. The molecule has 5 heteroatoms. The van der Waals surface area contributed by atoms with E-state index in [0.29, 0.717) is 0 Å². The normalized spacial score (nSPS) is 12.6. The standard InChI is InChI=1S/C20H20N2O3/c1-21-14-19(18-5-3-4-6-20(18)21)16(13-22(23)24)10-7-15-8-11-17(25-2)12-9-15/h3-12,14,16H,13H2,1-2H3/b10-7+. The molecule has 3 aromatic rings. The van der Waals surface area contributed by atoms with Crippen LogP contribution in [0.5, 0.6) is 5.75 Å². The van der Waals surface area contributed by atoms with Crippen LogP contribution in [0.3, 0.4) is 0 Å². The first-order chi connectivity index (χ1) is 12.1. The van der Waals surface area contributed by atoms with Crippen LogP contribution < -0.4 is 4.74 Å². The Kier molecular flexibility index (Phi) is 4.84. The second-order valence-electron chi connectivity index (χ2n) is 5.97. The van der Waals surface area contributed by atoms with Crippen LogP contribution in [-0.4, -0.2) is 23.1 Å². The van der Waals surface area contributed by atoms with Crippen LogP contribution in [0.4, 0.5) is 0 Å². The Labute approximate surface area is 146 Å². The van der Waals surface area contributed by atoms with Gasteiger partial charge in [-0.25, -0.2) is 0 Å². The van der Waals surface area contributed by atoms with Gasteiger partial charge in [-0.2, -0.15) is 0 Å². The third kappa shape index (κ3) is 3.71. The molecule has 2 aromatic carbocycles. The topological polar surface area (TPSA) is 57.3 Å². The Balaban J connectivity index is 1.96. The van der Waals surface area contributed by atoms with E-state index in [4.69, 9.17) is 4.74 Å². The molecule has 0 amide bonds. The van der Waals surface area contributed by atoms with E-state index in [-0.39, 0.29) is 17.4 Å². The van der Waals surface area contributed by atoms with Crippen molar-refractivity contribution in [3.8, 4) is 5.75 Å². The second-order valence-corrected chi connectivity index (χ2v) is 5.97. The maximum absolute atomic E-state index is 11.2. The third-order valence-corrected chi connectivity index (χ3v) is 4.31. The summed E-state index contributed by atoms with van der Waals surface area (Å²) in [7, 11) is 3.58. The number of nitro groups is 1. The zero-order valence-corrected chi connectivity index (χ0v) is 14.3. The molecule has 128 valence electrons. The summed E-state index contributed by atoms with van der Waals surface area (Å²) in [6, 6.07) is 15.6. The number of rotatable bonds is 6. The molecule has 1 unspecified atom stereocenters. The minimum Gasteiger partial charge on any atom is -0.497 e. The van der Waals surface area contributed by atoms with E-state index in [0.717, 1.165) is 27.8 Å². The van der Waals surface area contributed by atoms with Crippen molar-refractivity contribution >= 4 is 17.0 Å². The summed E-state index contributed by atoms with van der Waals surface area (Å²) >= 11 is 0. The zero-order valence-electron chi connectivity index (χ0n) is 14.3. The van der Waals surface area contributed by atoms with Crippen molar-refractivity contribution in [1.29, 1.82) is 0 Å². The van der Waals surface area contributed by atoms with Crippen molar-refractivity contribution in [2.24, 2.45) is 7.05 Å². The summed E-state index contributed by atoms with van der Waals surface area (Å²) in [5.74, 6) is 0.497. The van der Waals surface area contributed by atoms with Crippen LogP contribution in [0.25, 0.3) is 17.0 Å². The molecule has 0 aliphatic rings. The Bertz CT molecular complexity index is 910. The maximum atomic E-state index is 11.2. The number of methoxy groups -OCH3 is 1. The van der Waals surface area contributed by atoms with Gasteiger partial charge in [-0.1, -0.05) is 42.5 Å². The molecule has 0 saturated heterocycles. The molecule has 0 saturated carbocycles. The number of hydrogen-bond donors (Lipinski definition) is 0. The molecule has 0 aliphatic carbocycles. The fourth-order valence-electron chi connectivity index (χ4n) is 3.03. The van der Waals surface area contributed by atoms with E-state index < -0.39 is 0 Å². The Morgan fingerprint density at radius 3 is 2.60 bits per heavy atom. The van der Waals surface area contributed by atoms with Crippen molar-refractivity contribution in [3.63, 3.8) is 0 Å². The highest BCUT2D eigenvalue weighted by Crippen LogP contribution is 2.29. The number of aryl methyl sites for hydroxylation is 1. The smallest absolute Gasteiger partial charge is 0.214 e. The molecule has 1 aromatic heterocycles. The highest BCUT2D eigenvalue weighted by Gasteiger charge is 2.19. The molecule has 0 aliphatic heterocycles. The molecule has 1 atom stereocenters. The van der Waals surface area contributed by atoms with E-state index in [1.807, 2.05) is 78.5 Å². The van der Waals surface area contributed by atoms with Crippen LogP contribution in [0, 0.1) is 10.1 Å². The van der Waals surface area contributed by atoms with Crippen LogP contribution >= 0.6 is 0 Å². The summed E-state index contributed by atoms with van der Waals surface area (Å²) in [4.78, 5) is 10.9. The van der Waals surface area contributed by atoms with Crippen LogP contribution in [0.2, 0.25) is 0 Å². The van der Waals surface area contributed by atoms with E-state index in [2.05, 4.69) is 0 Å². The molecule has 25 heavy (non-hydrogen) atoms. The van der Waals surface area contributed by atoms with Gasteiger partial charge in [0.15, 0.2) is 0 Å². The SMILES string of the molecule is COc1ccc(/C=C/C(C[N+](=O)[O-])c2cn(C)c3ccccc23)cc1. The van der Waals surface area contributed by atoms with Crippen molar-refractivity contribution in [1.82, 2.24) is 4.57 Å². The van der Waals surface area contributed by atoms with Gasteiger partial charge in [-0.3, -0.25) is 10.1 Å². The highest BCUT2D eigenvalue weighted by molar-refractivity contribution is 5.84. The molecule has 0 bridgehead atoms. The molecular weight excluding hydrogens is 316 g/mol. The van der Waals surface area contributed by atoms with Gasteiger partial charge in [-0.15, -0.1) is 0 Å². The molecule has 0 N–H and O–H groups in total. The predicted octanol–water partition coefficient (Wildman–Crippen LogP) is 4.26. The van der Waals surface area contributed by atoms with Gasteiger partial charge in [0.2, 0.25) is 6.54 Å². The molecule has 0 fully saturated rings. The van der Waals surface area contributed by atoms with Gasteiger partial charge in [0.1, 0.15) is 5.75 Å². The Hall–Kier alpha value is -3.08. The third-order valence-electron chi connectivity index (χ3n) is 4.31. The number of ether oxygens (including phenoxy) is 1. The summed E-state index contributed by atoms with van der Waals surface area (Å²) in [5.41, 5.74) is 3.03. The second kappa shape index (κ2) is 7.21. The molecule has 0 spiro atoms. The van der Waals surface area contributed by atoms with Crippen molar-refractivity contribution in [2.75, 3.05) is 13.7 Å². The van der Waals surface area contributed by atoms with Gasteiger partial charge in [0.25, 0.3) is 0 Å². The number of hydrogen-bond acceptors (Lipinski definition) is 3. The highest BCUT2D eigenvalue weighted by atomic mass is 16.6. The quantitative estimate of drug-likeness (QED) is 0.499. The lowest BCUT2D eigenvalue weighted by Crippen LogP contribution is -2.10. The van der Waals surface area contributed by atoms with Gasteiger partial charge in [-0.05, 0) is 29.3 Å². The average molecular weight is 336 g/mol. The summed E-state index contributed by atoms with van der Waals surface area (Å²) in [5, 5.41) is 12.2. The Morgan fingerprint density at radius 1 is 1.20 bits per heavy atom. The van der Waals surface area contributed by atoms with Crippen LogP contribution in [0.15, 0.2) is 60.8 Å². The number of para-hydroxylation sites is 1. The minimum absolute atomic E-state index is 0.138. The van der Waals surface area contributed by atoms with Crippen LogP contribution in [-0.2, 0) is 7.05 Å². The lowest BCUT2D eigenvalue weighted by molar-refractivity contribution is -0.481. The molecule has 1 heterocycles. The summed E-state index contributed by atoms with van der Waals surface area (Å²) in [6.45, 7) is -0.138. The van der Waals surface area contributed by atoms with E-state index in [9.17, 15) is 10.1 Å². The number of aromatic nitrogens is 1. The number of nitrogens with zero attached hydrogens (tertiary/aromatic N) is 2. The van der Waals surface area contributed by atoms with Gasteiger partial charge in [0.05, 0.1) is 13.0 Å². The molecule has 0 radical (unpaired) electrons. The van der Waals surface area contributed by atoms with E-state index >= 15 is 0 Å². The first kappa shape index (κ1) is 16.8. The largest absolute Gasteiger partial charge is 0.497 e. The first-order valence-corrected chi connectivity index (χ1v) is 8.06. The monoisotopic (exact) mass is 336 g/mol.